The Morgan fingerprint density at radius 2 is 2.06 bits per heavy atom. The molecule has 2 N–H and O–H groups in total. The molecule has 1 amide bonds. The number of amides is 1. The predicted molar refractivity (Wildman–Crippen MR) is 64.7 cm³/mol. The summed E-state index contributed by atoms with van der Waals surface area (Å²) in [5, 5.41) is 0. The summed E-state index contributed by atoms with van der Waals surface area (Å²) in [7, 11) is 2.13. The first kappa shape index (κ1) is 12.1. The van der Waals surface area contributed by atoms with Crippen LogP contribution in [0.25, 0.3) is 0 Å². The molecule has 0 unspecified atom stereocenters. The molecule has 1 aromatic heterocycles. The maximum Gasteiger partial charge on any atom is 0.284 e. The minimum Gasteiger partial charge on any atom is -0.456 e. The standard InChI is InChI=1S/C12H19N3O2/c1-9-10(7-11(17-9)12(13)16)8-15-5-3-14(2)4-6-15/h7H,3-6,8H2,1-2H3,(H2,13,16). The molecule has 1 aliphatic heterocycles. The SMILES string of the molecule is Cc1oc(C(N)=O)cc1CN1CCN(C)CC1. The number of primary amides is 1. The second-order valence-corrected chi connectivity index (χ2v) is 4.64. The molecular weight excluding hydrogens is 218 g/mol. The Kier molecular flexibility index (Phi) is 3.49. The molecule has 0 aliphatic carbocycles. The molecule has 0 radical (unpaired) electrons. The fourth-order valence-corrected chi connectivity index (χ4v) is 2.05. The first-order valence-corrected chi connectivity index (χ1v) is 5.86. The Labute approximate surface area is 101 Å². The van der Waals surface area contributed by atoms with Crippen molar-refractivity contribution >= 4 is 5.91 Å². The monoisotopic (exact) mass is 237 g/mol. The van der Waals surface area contributed by atoms with Crippen LogP contribution in [-0.4, -0.2) is 48.9 Å². The van der Waals surface area contributed by atoms with Gasteiger partial charge in [0.05, 0.1) is 0 Å². The smallest absolute Gasteiger partial charge is 0.284 e. The number of rotatable bonds is 3. The third kappa shape index (κ3) is 2.87. The van der Waals surface area contributed by atoms with Crippen molar-refractivity contribution in [2.24, 2.45) is 5.73 Å². The van der Waals surface area contributed by atoms with Gasteiger partial charge in [-0.15, -0.1) is 0 Å². The molecule has 2 rings (SSSR count). The van der Waals surface area contributed by atoms with Gasteiger partial charge >= 0.3 is 0 Å². The molecule has 0 saturated carbocycles. The van der Waals surface area contributed by atoms with Gasteiger partial charge in [0.15, 0.2) is 5.76 Å². The van der Waals surface area contributed by atoms with Crippen LogP contribution in [0.1, 0.15) is 21.9 Å². The maximum absolute atomic E-state index is 11.0. The number of carbonyl (C=O) groups excluding carboxylic acids is 1. The van der Waals surface area contributed by atoms with E-state index < -0.39 is 5.91 Å². The zero-order valence-corrected chi connectivity index (χ0v) is 10.4. The molecular formula is C12H19N3O2. The highest BCUT2D eigenvalue weighted by molar-refractivity contribution is 5.90. The van der Waals surface area contributed by atoms with Crippen LogP contribution in [0.3, 0.4) is 0 Å². The van der Waals surface area contributed by atoms with E-state index in [0.29, 0.717) is 0 Å². The number of aryl methyl sites for hydroxylation is 1. The lowest BCUT2D eigenvalue weighted by molar-refractivity contribution is 0.0972. The van der Waals surface area contributed by atoms with Crippen molar-refractivity contribution in [1.29, 1.82) is 0 Å². The van der Waals surface area contributed by atoms with Gasteiger partial charge in [0.1, 0.15) is 5.76 Å². The van der Waals surface area contributed by atoms with E-state index in [9.17, 15) is 4.79 Å². The summed E-state index contributed by atoms with van der Waals surface area (Å²) in [6.45, 7) is 6.97. The molecule has 0 atom stereocenters. The molecule has 1 fully saturated rings. The third-order valence-corrected chi connectivity index (χ3v) is 3.25. The third-order valence-electron chi connectivity index (χ3n) is 3.25. The zero-order chi connectivity index (χ0) is 12.4. The van der Waals surface area contributed by atoms with Crippen LogP contribution in [0.15, 0.2) is 10.5 Å². The van der Waals surface area contributed by atoms with Crippen LogP contribution in [0.4, 0.5) is 0 Å². The Hall–Kier alpha value is -1.33. The number of nitrogens with two attached hydrogens (primary N) is 1. The quantitative estimate of drug-likeness (QED) is 0.828. The van der Waals surface area contributed by atoms with Crippen molar-refractivity contribution in [1.82, 2.24) is 9.80 Å². The summed E-state index contributed by atoms with van der Waals surface area (Å²) >= 11 is 0. The normalized spacial score (nSPS) is 18.5. The van der Waals surface area contributed by atoms with E-state index in [0.717, 1.165) is 44.0 Å². The van der Waals surface area contributed by atoms with Gasteiger partial charge in [0.2, 0.25) is 0 Å². The number of likely N-dealkylation sites (N-methyl/N-ethyl adjacent to an activating group) is 1. The lowest BCUT2D eigenvalue weighted by atomic mass is 10.2. The minimum absolute atomic E-state index is 0.256. The molecule has 0 bridgehead atoms. The van der Waals surface area contributed by atoms with Gasteiger partial charge in [0.25, 0.3) is 5.91 Å². The average Bonchev–Trinajstić information content (AvgIpc) is 2.64. The van der Waals surface area contributed by atoms with Crippen LogP contribution >= 0.6 is 0 Å². The second kappa shape index (κ2) is 4.89. The van der Waals surface area contributed by atoms with Crippen LogP contribution in [-0.2, 0) is 6.54 Å². The van der Waals surface area contributed by atoms with Crippen LogP contribution < -0.4 is 5.73 Å². The number of furan rings is 1. The fraction of sp³-hybridized carbons (Fsp3) is 0.583. The van der Waals surface area contributed by atoms with Crippen molar-refractivity contribution in [2.75, 3.05) is 33.2 Å². The number of carbonyl (C=O) groups is 1. The molecule has 0 aromatic carbocycles. The van der Waals surface area contributed by atoms with Gasteiger partial charge in [-0.25, -0.2) is 0 Å². The van der Waals surface area contributed by atoms with Crippen molar-refractivity contribution in [3.8, 4) is 0 Å². The summed E-state index contributed by atoms with van der Waals surface area (Å²) in [4.78, 5) is 15.7. The molecule has 1 saturated heterocycles. The largest absolute Gasteiger partial charge is 0.456 e. The van der Waals surface area contributed by atoms with Crippen LogP contribution in [0.5, 0.6) is 0 Å². The first-order valence-electron chi connectivity index (χ1n) is 5.86. The second-order valence-electron chi connectivity index (χ2n) is 4.64. The molecule has 2 heterocycles. The summed E-state index contributed by atoms with van der Waals surface area (Å²) in [6, 6.07) is 1.76. The Morgan fingerprint density at radius 3 is 2.59 bits per heavy atom. The summed E-state index contributed by atoms with van der Waals surface area (Å²) in [5.41, 5.74) is 6.25. The van der Waals surface area contributed by atoms with Crippen LogP contribution in [0, 0.1) is 6.92 Å². The summed E-state index contributed by atoms with van der Waals surface area (Å²) in [5.74, 6) is 0.544. The van der Waals surface area contributed by atoms with Crippen molar-refractivity contribution in [2.45, 2.75) is 13.5 Å². The molecule has 5 nitrogen and oxygen atoms in total. The zero-order valence-electron chi connectivity index (χ0n) is 10.4. The van der Waals surface area contributed by atoms with Crippen molar-refractivity contribution in [3.63, 3.8) is 0 Å². The van der Waals surface area contributed by atoms with E-state index >= 15 is 0 Å². The van der Waals surface area contributed by atoms with E-state index in [2.05, 4.69) is 16.8 Å². The van der Waals surface area contributed by atoms with E-state index in [1.165, 1.54) is 0 Å². The number of hydrogen-bond acceptors (Lipinski definition) is 4. The summed E-state index contributed by atoms with van der Waals surface area (Å²) in [6.07, 6.45) is 0. The highest BCUT2D eigenvalue weighted by Crippen LogP contribution is 2.17. The minimum atomic E-state index is -0.502. The van der Waals surface area contributed by atoms with E-state index in [4.69, 9.17) is 10.2 Å². The van der Waals surface area contributed by atoms with E-state index in [1.54, 1.807) is 6.07 Å². The molecule has 5 heteroatoms. The van der Waals surface area contributed by atoms with Crippen LogP contribution in [0.2, 0.25) is 0 Å². The van der Waals surface area contributed by atoms with Crippen molar-refractivity contribution in [3.05, 3.63) is 23.2 Å². The summed E-state index contributed by atoms with van der Waals surface area (Å²) < 4.78 is 5.33. The van der Waals surface area contributed by atoms with Crippen molar-refractivity contribution < 1.29 is 9.21 Å². The lowest BCUT2D eigenvalue weighted by Gasteiger charge is -2.32. The molecule has 94 valence electrons. The Bertz CT molecular complexity index is 406. The molecule has 17 heavy (non-hydrogen) atoms. The number of nitrogens with zero attached hydrogens (tertiary/aromatic N) is 2. The van der Waals surface area contributed by atoms with Gasteiger partial charge in [-0.2, -0.15) is 0 Å². The number of piperazine rings is 1. The maximum atomic E-state index is 11.0. The Morgan fingerprint density at radius 1 is 1.41 bits per heavy atom. The van der Waals surface area contributed by atoms with Gasteiger partial charge < -0.3 is 15.1 Å². The average molecular weight is 237 g/mol. The topological polar surface area (TPSA) is 62.7 Å². The van der Waals surface area contributed by atoms with E-state index in [1.807, 2.05) is 6.92 Å². The van der Waals surface area contributed by atoms with Gasteiger partial charge in [-0.3, -0.25) is 9.69 Å². The highest BCUT2D eigenvalue weighted by atomic mass is 16.3. The van der Waals surface area contributed by atoms with Gasteiger partial charge in [-0.05, 0) is 20.0 Å². The lowest BCUT2D eigenvalue weighted by Crippen LogP contribution is -2.43. The van der Waals surface area contributed by atoms with Gasteiger partial charge in [0, 0.05) is 38.3 Å². The number of hydrogen-bond donors (Lipinski definition) is 1. The Balaban J connectivity index is 2.01. The van der Waals surface area contributed by atoms with E-state index in [-0.39, 0.29) is 5.76 Å². The first-order chi connectivity index (χ1) is 8.06. The fourth-order valence-electron chi connectivity index (χ4n) is 2.05. The molecule has 1 aromatic rings. The predicted octanol–water partition coefficient (Wildman–Crippen LogP) is 0.434. The van der Waals surface area contributed by atoms with Gasteiger partial charge in [-0.1, -0.05) is 0 Å². The molecule has 1 aliphatic rings. The molecule has 0 spiro atoms. The highest BCUT2D eigenvalue weighted by Gasteiger charge is 2.17.